The number of benzene rings is 2. The molecular weight excluding hydrogens is 444 g/mol. The highest BCUT2D eigenvalue weighted by Gasteiger charge is 2.29. The summed E-state index contributed by atoms with van der Waals surface area (Å²) in [6, 6.07) is 10.7. The zero-order chi connectivity index (χ0) is 25.1. The fraction of sp³-hybridized carbons (Fsp3) is 0.429. The maximum Gasteiger partial charge on any atom is 0.263 e. The molecule has 1 fully saturated rings. The molecule has 1 aromatic heterocycles. The Morgan fingerprint density at radius 3 is 2.31 bits per heavy atom. The highest BCUT2D eigenvalue weighted by atomic mass is 16.5. The Morgan fingerprint density at radius 1 is 1.03 bits per heavy atom. The van der Waals surface area contributed by atoms with Crippen molar-refractivity contribution in [2.45, 2.75) is 46.1 Å². The van der Waals surface area contributed by atoms with Crippen molar-refractivity contribution < 1.29 is 19.0 Å². The Bertz CT molecular complexity index is 1270. The van der Waals surface area contributed by atoms with Gasteiger partial charge in [0, 0.05) is 23.3 Å². The SMILES string of the molecule is CCOc1ccc(-n2cc(C(=O)N[C@@H]3CCC[C@H](C)[C@H]3C)c3cc(OC)c(OC)cc3c2=O)cc1. The highest BCUT2D eigenvalue weighted by molar-refractivity contribution is 6.07. The van der Waals surface area contributed by atoms with Crippen molar-refractivity contribution in [3.05, 3.63) is 58.5 Å². The molecule has 0 radical (unpaired) electrons. The van der Waals surface area contributed by atoms with Crippen LogP contribution in [-0.4, -0.2) is 37.3 Å². The van der Waals surface area contributed by atoms with Gasteiger partial charge in [-0.25, -0.2) is 0 Å². The van der Waals surface area contributed by atoms with Crippen LogP contribution in [0.2, 0.25) is 0 Å². The number of pyridine rings is 1. The average Bonchev–Trinajstić information content (AvgIpc) is 2.87. The van der Waals surface area contributed by atoms with E-state index < -0.39 is 0 Å². The van der Waals surface area contributed by atoms with Gasteiger partial charge >= 0.3 is 0 Å². The molecule has 35 heavy (non-hydrogen) atoms. The van der Waals surface area contributed by atoms with E-state index in [4.69, 9.17) is 14.2 Å². The molecule has 0 aliphatic heterocycles. The Labute approximate surface area is 206 Å². The Hall–Kier alpha value is -3.48. The first-order chi connectivity index (χ1) is 16.9. The van der Waals surface area contributed by atoms with E-state index in [9.17, 15) is 9.59 Å². The molecule has 7 nitrogen and oxygen atoms in total. The lowest BCUT2D eigenvalue weighted by Gasteiger charge is -2.34. The number of carbonyl (C=O) groups is 1. The second kappa shape index (κ2) is 10.4. The summed E-state index contributed by atoms with van der Waals surface area (Å²) in [5.41, 5.74) is 0.810. The molecule has 1 saturated carbocycles. The molecule has 1 heterocycles. The number of ether oxygens (including phenoxy) is 3. The minimum absolute atomic E-state index is 0.0901. The molecular formula is C28H34N2O5. The van der Waals surface area contributed by atoms with Gasteiger partial charge < -0.3 is 19.5 Å². The fourth-order valence-electron chi connectivity index (χ4n) is 4.94. The lowest BCUT2D eigenvalue weighted by molar-refractivity contribution is 0.0892. The molecule has 186 valence electrons. The number of hydrogen-bond donors (Lipinski definition) is 1. The van der Waals surface area contributed by atoms with Crippen LogP contribution in [0.5, 0.6) is 17.2 Å². The van der Waals surface area contributed by atoms with Crippen molar-refractivity contribution in [2.75, 3.05) is 20.8 Å². The van der Waals surface area contributed by atoms with Crippen molar-refractivity contribution >= 4 is 16.7 Å². The fourth-order valence-corrected chi connectivity index (χ4v) is 4.94. The maximum atomic E-state index is 13.6. The molecule has 3 atom stereocenters. The number of rotatable bonds is 7. The summed E-state index contributed by atoms with van der Waals surface area (Å²) in [4.78, 5) is 27.2. The van der Waals surface area contributed by atoms with E-state index in [2.05, 4.69) is 19.2 Å². The highest BCUT2D eigenvalue weighted by Crippen LogP contribution is 2.34. The van der Waals surface area contributed by atoms with Crippen LogP contribution >= 0.6 is 0 Å². The van der Waals surface area contributed by atoms with Gasteiger partial charge in [0.25, 0.3) is 11.5 Å². The molecule has 0 unspecified atom stereocenters. The van der Waals surface area contributed by atoms with Crippen LogP contribution in [0.1, 0.15) is 50.4 Å². The monoisotopic (exact) mass is 478 g/mol. The minimum atomic E-state index is -0.249. The van der Waals surface area contributed by atoms with E-state index in [-0.39, 0.29) is 17.5 Å². The molecule has 0 bridgehead atoms. The van der Waals surface area contributed by atoms with Crippen LogP contribution < -0.4 is 25.1 Å². The van der Waals surface area contributed by atoms with Gasteiger partial charge in [0.1, 0.15) is 5.75 Å². The number of hydrogen-bond acceptors (Lipinski definition) is 5. The van der Waals surface area contributed by atoms with Gasteiger partial charge in [-0.1, -0.05) is 26.7 Å². The summed E-state index contributed by atoms with van der Waals surface area (Å²) in [5.74, 6) is 2.34. The molecule has 2 aromatic carbocycles. The Balaban J connectivity index is 1.86. The van der Waals surface area contributed by atoms with Crippen LogP contribution in [0, 0.1) is 11.8 Å². The standard InChI is InChI=1S/C28H34N2O5/c1-6-35-20-12-10-19(11-13-20)30-16-23(27(31)29-24-9-7-8-17(2)18(24)3)21-14-25(33-4)26(34-5)15-22(21)28(30)32/h10-18,24H,6-9H2,1-5H3,(H,29,31)/t17-,18+,24+/m0/s1. The maximum absolute atomic E-state index is 13.6. The van der Waals surface area contributed by atoms with Gasteiger partial charge in [0.15, 0.2) is 11.5 Å². The lowest BCUT2D eigenvalue weighted by Crippen LogP contribution is -2.44. The first-order valence-corrected chi connectivity index (χ1v) is 12.2. The first kappa shape index (κ1) is 24.6. The zero-order valence-electron chi connectivity index (χ0n) is 21.1. The number of nitrogens with zero attached hydrogens (tertiary/aromatic N) is 1. The number of methoxy groups -OCH3 is 2. The number of carbonyl (C=O) groups excluding carboxylic acids is 1. The van der Waals surface area contributed by atoms with E-state index in [1.54, 1.807) is 18.3 Å². The zero-order valence-corrected chi connectivity index (χ0v) is 21.1. The van der Waals surface area contributed by atoms with Crippen LogP contribution in [0.15, 0.2) is 47.4 Å². The summed E-state index contributed by atoms with van der Waals surface area (Å²) < 4.78 is 18.0. The quantitative estimate of drug-likeness (QED) is 0.519. The molecule has 0 saturated heterocycles. The van der Waals surface area contributed by atoms with Crippen molar-refractivity contribution in [3.63, 3.8) is 0 Å². The third-order valence-corrected chi connectivity index (χ3v) is 7.22. The molecule has 1 N–H and O–H groups in total. The topological polar surface area (TPSA) is 78.8 Å². The summed E-state index contributed by atoms with van der Waals surface area (Å²) >= 11 is 0. The molecule has 3 aromatic rings. The van der Waals surface area contributed by atoms with Crippen LogP contribution in [0.25, 0.3) is 16.5 Å². The normalized spacial score (nSPS) is 19.9. The predicted octanol–water partition coefficient (Wildman–Crippen LogP) is 4.96. The van der Waals surface area contributed by atoms with E-state index in [1.807, 2.05) is 31.2 Å². The second-order valence-electron chi connectivity index (χ2n) is 9.24. The second-order valence-corrected chi connectivity index (χ2v) is 9.24. The average molecular weight is 479 g/mol. The summed E-state index contributed by atoms with van der Waals surface area (Å²) in [7, 11) is 3.06. The van der Waals surface area contributed by atoms with Crippen molar-refractivity contribution in [3.8, 4) is 22.9 Å². The first-order valence-electron chi connectivity index (χ1n) is 12.2. The predicted molar refractivity (Wildman–Crippen MR) is 137 cm³/mol. The van der Waals surface area contributed by atoms with Crippen molar-refractivity contribution in [1.29, 1.82) is 0 Å². The van der Waals surface area contributed by atoms with E-state index in [1.165, 1.54) is 25.2 Å². The van der Waals surface area contributed by atoms with E-state index in [0.29, 0.717) is 52.0 Å². The van der Waals surface area contributed by atoms with Gasteiger partial charge in [-0.2, -0.15) is 0 Å². The van der Waals surface area contributed by atoms with Crippen molar-refractivity contribution in [2.24, 2.45) is 11.8 Å². The largest absolute Gasteiger partial charge is 0.494 e. The van der Waals surface area contributed by atoms with Gasteiger partial charge in [-0.3, -0.25) is 14.2 Å². The Morgan fingerprint density at radius 2 is 1.69 bits per heavy atom. The van der Waals surface area contributed by atoms with Crippen LogP contribution in [0.3, 0.4) is 0 Å². The molecule has 1 aliphatic rings. The minimum Gasteiger partial charge on any atom is -0.494 e. The van der Waals surface area contributed by atoms with Gasteiger partial charge in [-0.15, -0.1) is 0 Å². The number of fused-ring (bicyclic) bond motifs is 1. The summed E-state index contributed by atoms with van der Waals surface area (Å²) in [6.07, 6.45) is 4.84. The third-order valence-electron chi connectivity index (χ3n) is 7.22. The summed E-state index contributed by atoms with van der Waals surface area (Å²) in [6.45, 7) is 6.91. The number of aromatic nitrogens is 1. The smallest absolute Gasteiger partial charge is 0.263 e. The summed E-state index contributed by atoms with van der Waals surface area (Å²) in [5, 5.41) is 4.17. The molecule has 4 rings (SSSR count). The third kappa shape index (κ3) is 4.85. The van der Waals surface area contributed by atoms with Gasteiger partial charge in [0.05, 0.1) is 31.8 Å². The van der Waals surface area contributed by atoms with Crippen molar-refractivity contribution in [1.82, 2.24) is 9.88 Å². The van der Waals surface area contributed by atoms with Crippen LogP contribution in [0.4, 0.5) is 0 Å². The van der Waals surface area contributed by atoms with Gasteiger partial charge in [-0.05, 0) is 61.6 Å². The molecule has 7 heteroatoms. The lowest BCUT2D eigenvalue weighted by atomic mass is 9.78. The number of nitrogens with one attached hydrogen (secondary N) is 1. The van der Waals surface area contributed by atoms with Crippen LogP contribution in [-0.2, 0) is 0 Å². The van der Waals surface area contributed by atoms with E-state index >= 15 is 0 Å². The molecule has 1 aliphatic carbocycles. The Kier molecular flexibility index (Phi) is 7.34. The number of amides is 1. The molecule has 0 spiro atoms. The van der Waals surface area contributed by atoms with Gasteiger partial charge in [0.2, 0.25) is 0 Å². The van der Waals surface area contributed by atoms with E-state index in [0.717, 1.165) is 18.6 Å². The molecule has 1 amide bonds.